The Labute approximate surface area is 190 Å². The molecular weight excluding hydrogens is 426 g/mol. The monoisotopic (exact) mass is 451 g/mol. The highest BCUT2D eigenvalue weighted by molar-refractivity contribution is 5.91. The van der Waals surface area contributed by atoms with Gasteiger partial charge in [0.25, 0.3) is 5.56 Å². The van der Waals surface area contributed by atoms with Crippen LogP contribution in [0.5, 0.6) is 11.5 Å². The van der Waals surface area contributed by atoms with E-state index in [2.05, 4.69) is 10.6 Å². The number of rotatable bonds is 7. The van der Waals surface area contributed by atoms with Gasteiger partial charge in [0, 0.05) is 18.8 Å². The Morgan fingerprint density at radius 1 is 1.09 bits per heavy atom. The Balaban J connectivity index is 1.88. The van der Waals surface area contributed by atoms with E-state index in [0.29, 0.717) is 17.0 Å². The standard InChI is InChI=1S/C24H25N3O6/c1-14-10-20(28)22(23(31)27(14)2)26-24(32)25-19(13-21(29)30)17-8-4-6-15(11-17)16-7-5-9-18(12-16)33-3/h4-12,19,28H,13H2,1-3H3,(H,29,30)(H2,25,26,32)/t19-/m0/s1. The van der Waals surface area contributed by atoms with Crippen LogP contribution in [-0.4, -0.2) is 33.9 Å². The second-order valence-electron chi connectivity index (χ2n) is 7.52. The smallest absolute Gasteiger partial charge is 0.319 e. The van der Waals surface area contributed by atoms with Crippen molar-refractivity contribution in [1.82, 2.24) is 9.88 Å². The molecule has 0 unspecified atom stereocenters. The van der Waals surface area contributed by atoms with Crippen LogP contribution in [0.1, 0.15) is 23.7 Å². The molecule has 4 N–H and O–H groups in total. The van der Waals surface area contributed by atoms with E-state index >= 15 is 0 Å². The van der Waals surface area contributed by atoms with Gasteiger partial charge in [0.1, 0.15) is 11.5 Å². The number of hydrogen-bond acceptors (Lipinski definition) is 5. The number of benzene rings is 2. The van der Waals surface area contributed by atoms with Crippen molar-refractivity contribution in [2.45, 2.75) is 19.4 Å². The van der Waals surface area contributed by atoms with E-state index in [1.807, 2.05) is 30.3 Å². The minimum atomic E-state index is -1.11. The summed E-state index contributed by atoms with van der Waals surface area (Å²) in [5.41, 5.74) is 1.88. The van der Waals surface area contributed by atoms with E-state index in [1.54, 1.807) is 32.2 Å². The molecule has 0 aliphatic heterocycles. The summed E-state index contributed by atoms with van der Waals surface area (Å²) in [6.07, 6.45) is -0.382. The average molecular weight is 451 g/mol. The first-order chi connectivity index (χ1) is 15.7. The molecule has 0 aliphatic rings. The number of anilines is 1. The molecule has 0 saturated heterocycles. The quantitative estimate of drug-likeness (QED) is 0.436. The number of carboxylic acids is 1. The van der Waals surface area contributed by atoms with E-state index in [9.17, 15) is 24.6 Å². The first kappa shape index (κ1) is 23.4. The Morgan fingerprint density at radius 3 is 2.42 bits per heavy atom. The molecule has 2 amide bonds. The van der Waals surface area contributed by atoms with Gasteiger partial charge < -0.3 is 30.2 Å². The molecular formula is C24H25N3O6. The summed E-state index contributed by atoms with van der Waals surface area (Å²) in [7, 11) is 3.08. The van der Waals surface area contributed by atoms with Gasteiger partial charge in [-0.05, 0) is 41.8 Å². The van der Waals surface area contributed by atoms with Gasteiger partial charge in [0.2, 0.25) is 0 Å². The van der Waals surface area contributed by atoms with Gasteiger partial charge in [-0.3, -0.25) is 9.59 Å². The highest BCUT2D eigenvalue weighted by Gasteiger charge is 2.21. The predicted octanol–water partition coefficient (Wildman–Crippen LogP) is 3.41. The van der Waals surface area contributed by atoms with E-state index in [-0.39, 0.29) is 17.9 Å². The predicted molar refractivity (Wildman–Crippen MR) is 124 cm³/mol. The second-order valence-corrected chi connectivity index (χ2v) is 7.52. The SMILES string of the molecule is COc1cccc(-c2cccc([C@H](CC(=O)O)NC(=O)Nc3c(O)cc(C)n(C)c3=O)c2)c1. The van der Waals surface area contributed by atoms with Crippen molar-refractivity contribution in [3.05, 3.63) is 76.2 Å². The summed E-state index contributed by atoms with van der Waals surface area (Å²) in [6, 6.07) is 14.2. The van der Waals surface area contributed by atoms with Gasteiger partial charge in [0.15, 0.2) is 5.69 Å². The number of aryl methyl sites for hydroxylation is 1. The highest BCUT2D eigenvalue weighted by atomic mass is 16.5. The molecule has 9 nitrogen and oxygen atoms in total. The third-order valence-electron chi connectivity index (χ3n) is 5.26. The number of carbonyl (C=O) groups is 2. The van der Waals surface area contributed by atoms with Gasteiger partial charge in [-0.2, -0.15) is 0 Å². The highest BCUT2D eigenvalue weighted by Crippen LogP contribution is 2.28. The van der Waals surface area contributed by atoms with Crippen molar-refractivity contribution in [2.24, 2.45) is 7.05 Å². The van der Waals surface area contributed by atoms with Crippen LogP contribution in [-0.2, 0) is 11.8 Å². The number of nitrogens with one attached hydrogen (secondary N) is 2. The van der Waals surface area contributed by atoms with Crippen LogP contribution in [0.2, 0.25) is 0 Å². The third-order valence-corrected chi connectivity index (χ3v) is 5.26. The number of nitrogens with zero attached hydrogens (tertiary/aromatic N) is 1. The average Bonchev–Trinajstić information content (AvgIpc) is 2.80. The molecule has 0 bridgehead atoms. The van der Waals surface area contributed by atoms with Gasteiger partial charge in [-0.1, -0.05) is 30.3 Å². The molecule has 0 fully saturated rings. The van der Waals surface area contributed by atoms with Crippen LogP contribution in [0.15, 0.2) is 59.4 Å². The number of carboxylic acid groups (broad SMARTS) is 1. The summed E-state index contributed by atoms with van der Waals surface area (Å²) in [5.74, 6) is -0.807. The molecule has 172 valence electrons. The number of ether oxygens (including phenoxy) is 1. The van der Waals surface area contributed by atoms with Crippen molar-refractivity contribution >= 4 is 17.7 Å². The number of aromatic nitrogens is 1. The molecule has 1 atom stereocenters. The zero-order chi connectivity index (χ0) is 24.1. The Bertz CT molecular complexity index is 1250. The fraction of sp³-hybridized carbons (Fsp3) is 0.208. The first-order valence-corrected chi connectivity index (χ1v) is 10.1. The van der Waals surface area contributed by atoms with E-state index in [0.717, 1.165) is 11.1 Å². The Morgan fingerprint density at radius 2 is 1.76 bits per heavy atom. The van der Waals surface area contributed by atoms with Crippen LogP contribution in [0, 0.1) is 6.92 Å². The molecule has 1 heterocycles. The van der Waals surface area contributed by atoms with Crippen LogP contribution in [0.25, 0.3) is 11.1 Å². The van der Waals surface area contributed by atoms with Crippen molar-refractivity contribution in [3.8, 4) is 22.6 Å². The molecule has 3 aromatic rings. The van der Waals surface area contributed by atoms with E-state index < -0.39 is 23.6 Å². The van der Waals surface area contributed by atoms with Crippen molar-refractivity contribution < 1.29 is 24.5 Å². The zero-order valence-electron chi connectivity index (χ0n) is 18.5. The molecule has 0 aliphatic carbocycles. The number of methoxy groups -OCH3 is 1. The molecule has 33 heavy (non-hydrogen) atoms. The fourth-order valence-corrected chi connectivity index (χ4v) is 3.39. The van der Waals surface area contributed by atoms with Crippen LogP contribution < -0.4 is 20.9 Å². The lowest BCUT2D eigenvalue weighted by Gasteiger charge is -2.19. The summed E-state index contributed by atoms with van der Waals surface area (Å²) < 4.78 is 6.54. The van der Waals surface area contributed by atoms with Crippen molar-refractivity contribution in [3.63, 3.8) is 0 Å². The van der Waals surface area contributed by atoms with Crippen molar-refractivity contribution in [2.75, 3.05) is 12.4 Å². The number of amides is 2. The summed E-state index contributed by atoms with van der Waals surface area (Å²) in [6.45, 7) is 1.64. The molecule has 0 saturated carbocycles. The Kier molecular flexibility index (Phi) is 7.02. The van der Waals surface area contributed by atoms with Crippen LogP contribution >= 0.6 is 0 Å². The molecule has 1 aromatic heterocycles. The topological polar surface area (TPSA) is 130 Å². The fourth-order valence-electron chi connectivity index (χ4n) is 3.39. The second kappa shape index (κ2) is 9.90. The summed E-state index contributed by atoms with van der Waals surface area (Å²) in [4.78, 5) is 36.5. The molecule has 0 radical (unpaired) electrons. The van der Waals surface area contributed by atoms with Gasteiger partial charge in [-0.15, -0.1) is 0 Å². The largest absolute Gasteiger partial charge is 0.505 e. The molecule has 3 rings (SSSR count). The van der Waals surface area contributed by atoms with E-state index in [4.69, 9.17) is 4.74 Å². The number of aromatic hydroxyl groups is 1. The van der Waals surface area contributed by atoms with Crippen LogP contribution in [0.3, 0.4) is 0 Å². The lowest BCUT2D eigenvalue weighted by Crippen LogP contribution is -2.36. The van der Waals surface area contributed by atoms with Gasteiger partial charge in [-0.25, -0.2) is 4.79 Å². The number of pyridine rings is 1. The van der Waals surface area contributed by atoms with Crippen molar-refractivity contribution in [1.29, 1.82) is 0 Å². The normalized spacial score (nSPS) is 11.5. The number of carbonyl (C=O) groups excluding carboxylic acids is 1. The molecule has 0 spiro atoms. The first-order valence-electron chi connectivity index (χ1n) is 10.1. The number of urea groups is 1. The number of hydrogen-bond donors (Lipinski definition) is 4. The lowest BCUT2D eigenvalue weighted by molar-refractivity contribution is -0.137. The minimum Gasteiger partial charge on any atom is -0.505 e. The summed E-state index contributed by atoms with van der Waals surface area (Å²) >= 11 is 0. The maximum atomic E-state index is 12.6. The maximum absolute atomic E-state index is 12.6. The van der Waals surface area contributed by atoms with Gasteiger partial charge in [0.05, 0.1) is 19.6 Å². The minimum absolute atomic E-state index is 0.292. The molecule has 9 heteroatoms. The number of aliphatic carboxylic acids is 1. The Hall–Kier alpha value is -4.27. The van der Waals surface area contributed by atoms with Crippen LogP contribution in [0.4, 0.5) is 10.5 Å². The summed E-state index contributed by atoms with van der Waals surface area (Å²) in [5, 5.41) is 24.4. The molecule has 2 aromatic carbocycles. The van der Waals surface area contributed by atoms with Gasteiger partial charge >= 0.3 is 12.0 Å². The zero-order valence-corrected chi connectivity index (χ0v) is 18.5. The lowest BCUT2D eigenvalue weighted by atomic mass is 9.98. The van der Waals surface area contributed by atoms with E-state index in [1.165, 1.54) is 17.7 Å². The third kappa shape index (κ3) is 5.51. The maximum Gasteiger partial charge on any atom is 0.319 e.